The van der Waals surface area contributed by atoms with Gasteiger partial charge in [0.1, 0.15) is 5.82 Å². The van der Waals surface area contributed by atoms with Gasteiger partial charge in [-0.2, -0.15) is 0 Å². The standard InChI is InChI=1S/C21H21N5O4S/c1-22-20(27)15-13-23-19(26-21(28)24-14-8-4-3-5-9-14)12-17(15)25-16-10-6-7-11-18(16)31(2,29)30/h3-13H,1-2H3,(H,22,27)(H3,23,24,25,26,28). The Morgan fingerprint density at radius 3 is 2.26 bits per heavy atom. The van der Waals surface area contributed by atoms with Crippen molar-refractivity contribution in [2.45, 2.75) is 4.90 Å². The molecule has 0 spiro atoms. The van der Waals surface area contributed by atoms with Crippen molar-refractivity contribution >= 4 is 44.7 Å². The summed E-state index contributed by atoms with van der Waals surface area (Å²) in [5, 5.41) is 10.7. The van der Waals surface area contributed by atoms with Gasteiger partial charge in [0.15, 0.2) is 9.84 Å². The molecule has 0 saturated heterocycles. The summed E-state index contributed by atoms with van der Waals surface area (Å²) in [6.45, 7) is 0. The molecule has 4 N–H and O–H groups in total. The van der Waals surface area contributed by atoms with Crippen molar-refractivity contribution in [3.05, 3.63) is 72.4 Å². The number of urea groups is 1. The van der Waals surface area contributed by atoms with Gasteiger partial charge in [0.2, 0.25) is 0 Å². The van der Waals surface area contributed by atoms with Crippen LogP contribution in [0.4, 0.5) is 27.7 Å². The Morgan fingerprint density at radius 2 is 1.58 bits per heavy atom. The Labute approximate surface area is 179 Å². The van der Waals surface area contributed by atoms with Crippen LogP contribution in [0.25, 0.3) is 0 Å². The number of pyridine rings is 1. The summed E-state index contributed by atoms with van der Waals surface area (Å²) in [5.41, 5.74) is 1.35. The smallest absolute Gasteiger partial charge is 0.324 e. The number of nitrogens with zero attached hydrogens (tertiary/aromatic N) is 1. The SMILES string of the molecule is CNC(=O)c1cnc(NC(=O)Nc2ccccc2)cc1Nc1ccccc1S(C)(=O)=O. The highest BCUT2D eigenvalue weighted by atomic mass is 32.2. The number of amides is 3. The predicted octanol–water partition coefficient (Wildman–Crippen LogP) is 3.23. The first-order chi connectivity index (χ1) is 14.8. The average molecular weight is 439 g/mol. The van der Waals surface area contributed by atoms with Gasteiger partial charge >= 0.3 is 6.03 Å². The molecule has 0 aliphatic carbocycles. The molecule has 0 bridgehead atoms. The maximum absolute atomic E-state index is 12.3. The second kappa shape index (κ2) is 9.26. The molecule has 2 aromatic carbocycles. The van der Waals surface area contributed by atoms with Gasteiger partial charge in [-0.25, -0.2) is 18.2 Å². The van der Waals surface area contributed by atoms with E-state index >= 15 is 0 Å². The zero-order valence-electron chi connectivity index (χ0n) is 16.8. The van der Waals surface area contributed by atoms with Crippen LogP contribution in [-0.2, 0) is 9.84 Å². The monoisotopic (exact) mass is 439 g/mol. The van der Waals surface area contributed by atoms with Crippen LogP contribution in [0, 0.1) is 0 Å². The molecule has 0 atom stereocenters. The van der Waals surface area contributed by atoms with Gasteiger partial charge in [-0.1, -0.05) is 30.3 Å². The van der Waals surface area contributed by atoms with Crippen LogP contribution < -0.4 is 21.3 Å². The highest BCUT2D eigenvalue weighted by molar-refractivity contribution is 7.90. The quantitative estimate of drug-likeness (QED) is 0.467. The predicted molar refractivity (Wildman–Crippen MR) is 120 cm³/mol. The third-order valence-electron chi connectivity index (χ3n) is 4.20. The molecular weight excluding hydrogens is 418 g/mol. The maximum Gasteiger partial charge on any atom is 0.324 e. The normalized spacial score (nSPS) is 10.8. The fourth-order valence-electron chi connectivity index (χ4n) is 2.78. The van der Waals surface area contributed by atoms with E-state index in [1.54, 1.807) is 42.5 Å². The Morgan fingerprint density at radius 1 is 0.903 bits per heavy atom. The molecule has 0 fully saturated rings. The highest BCUT2D eigenvalue weighted by Gasteiger charge is 2.17. The zero-order chi connectivity index (χ0) is 22.4. The number of carbonyl (C=O) groups is 2. The van der Waals surface area contributed by atoms with E-state index in [1.165, 1.54) is 25.4 Å². The molecule has 9 nitrogen and oxygen atoms in total. The van der Waals surface area contributed by atoms with Gasteiger partial charge in [0.25, 0.3) is 5.91 Å². The molecule has 3 aromatic rings. The Kier molecular flexibility index (Phi) is 6.51. The van der Waals surface area contributed by atoms with Crippen molar-refractivity contribution in [1.82, 2.24) is 10.3 Å². The minimum Gasteiger partial charge on any atom is -0.355 e. The molecule has 31 heavy (non-hydrogen) atoms. The number of sulfone groups is 1. The summed E-state index contributed by atoms with van der Waals surface area (Å²) in [7, 11) is -2.05. The molecule has 1 heterocycles. The largest absolute Gasteiger partial charge is 0.355 e. The second-order valence-corrected chi connectivity index (χ2v) is 8.52. The first-order valence-electron chi connectivity index (χ1n) is 9.19. The third-order valence-corrected chi connectivity index (χ3v) is 5.36. The Balaban J connectivity index is 1.91. The minimum absolute atomic E-state index is 0.0750. The van der Waals surface area contributed by atoms with Gasteiger partial charge in [-0.15, -0.1) is 0 Å². The lowest BCUT2D eigenvalue weighted by molar-refractivity contribution is 0.0963. The molecule has 0 aliphatic rings. The first-order valence-corrected chi connectivity index (χ1v) is 11.1. The van der Waals surface area contributed by atoms with E-state index in [0.717, 1.165) is 6.26 Å². The lowest BCUT2D eigenvalue weighted by Crippen LogP contribution is -2.22. The van der Waals surface area contributed by atoms with Crippen molar-refractivity contribution in [3.8, 4) is 0 Å². The van der Waals surface area contributed by atoms with Gasteiger partial charge in [-0.05, 0) is 24.3 Å². The average Bonchev–Trinajstić information content (AvgIpc) is 2.73. The lowest BCUT2D eigenvalue weighted by atomic mass is 10.2. The number of carbonyl (C=O) groups excluding carboxylic acids is 2. The zero-order valence-corrected chi connectivity index (χ0v) is 17.7. The number of rotatable bonds is 6. The summed E-state index contributed by atoms with van der Waals surface area (Å²) < 4.78 is 24.2. The number of hydrogen-bond acceptors (Lipinski definition) is 6. The van der Waals surface area contributed by atoms with Crippen molar-refractivity contribution in [2.24, 2.45) is 0 Å². The van der Waals surface area contributed by atoms with Crippen LogP contribution in [0.5, 0.6) is 0 Å². The number of anilines is 4. The van der Waals surface area contributed by atoms with Crippen LogP contribution in [0.3, 0.4) is 0 Å². The summed E-state index contributed by atoms with van der Waals surface area (Å²) >= 11 is 0. The second-order valence-electron chi connectivity index (χ2n) is 6.53. The van der Waals surface area contributed by atoms with Crippen LogP contribution >= 0.6 is 0 Å². The molecule has 3 amide bonds. The topological polar surface area (TPSA) is 129 Å². The molecule has 0 unspecified atom stereocenters. The van der Waals surface area contributed by atoms with Crippen LogP contribution in [0.15, 0.2) is 71.8 Å². The van der Waals surface area contributed by atoms with Crippen molar-refractivity contribution in [2.75, 3.05) is 29.3 Å². The fraction of sp³-hybridized carbons (Fsp3) is 0.0952. The molecule has 0 aliphatic heterocycles. The van der Waals surface area contributed by atoms with Gasteiger partial charge in [0, 0.05) is 31.3 Å². The van der Waals surface area contributed by atoms with E-state index < -0.39 is 21.8 Å². The Bertz CT molecular complexity index is 1210. The third kappa shape index (κ3) is 5.58. The van der Waals surface area contributed by atoms with Crippen molar-refractivity contribution < 1.29 is 18.0 Å². The van der Waals surface area contributed by atoms with Crippen molar-refractivity contribution in [3.63, 3.8) is 0 Å². The number of aromatic nitrogens is 1. The van der Waals surface area contributed by atoms with E-state index in [4.69, 9.17) is 0 Å². The van der Waals surface area contributed by atoms with E-state index in [2.05, 4.69) is 26.3 Å². The van der Waals surface area contributed by atoms with Gasteiger partial charge in [-0.3, -0.25) is 10.1 Å². The fourth-order valence-corrected chi connectivity index (χ4v) is 3.63. The molecule has 10 heteroatoms. The van der Waals surface area contributed by atoms with E-state index in [-0.39, 0.29) is 22.0 Å². The van der Waals surface area contributed by atoms with E-state index in [0.29, 0.717) is 11.4 Å². The first kappa shape index (κ1) is 21.8. The number of benzene rings is 2. The van der Waals surface area contributed by atoms with E-state index in [9.17, 15) is 18.0 Å². The van der Waals surface area contributed by atoms with Gasteiger partial charge in [0.05, 0.1) is 21.8 Å². The number of para-hydroxylation sites is 2. The van der Waals surface area contributed by atoms with Crippen LogP contribution in [-0.4, -0.2) is 38.6 Å². The summed E-state index contributed by atoms with van der Waals surface area (Å²) in [6.07, 6.45) is 2.39. The molecule has 0 saturated carbocycles. The Hall–Kier alpha value is -3.92. The molecule has 160 valence electrons. The van der Waals surface area contributed by atoms with Crippen LogP contribution in [0.1, 0.15) is 10.4 Å². The van der Waals surface area contributed by atoms with E-state index in [1.807, 2.05) is 6.07 Å². The number of nitrogens with one attached hydrogen (secondary N) is 4. The van der Waals surface area contributed by atoms with Crippen LogP contribution in [0.2, 0.25) is 0 Å². The summed E-state index contributed by atoms with van der Waals surface area (Å²) in [5.74, 6) is -0.257. The molecule has 1 aromatic heterocycles. The lowest BCUT2D eigenvalue weighted by Gasteiger charge is -2.15. The number of hydrogen-bond donors (Lipinski definition) is 4. The highest BCUT2D eigenvalue weighted by Crippen LogP contribution is 2.28. The van der Waals surface area contributed by atoms with Crippen molar-refractivity contribution in [1.29, 1.82) is 0 Å². The van der Waals surface area contributed by atoms with Gasteiger partial charge < -0.3 is 16.0 Å². The summed E-state index contributed by atoms with van der Waals surface area (Å²) in [4.78, 5) is 28.7. The molecule has 0 radical (unpaired) electrons. The molecule has 3 rings (SSSR count). The minimum atomic E-state index is -3.51. The summed E-state index contributed by atoms with van der Waals surface area (Å²) in [6, 6.07) is 16.1. The molecular formula is C21H21N5O4S. The maximum atomic E-state index is 12.3.